The van der Waals surface area contributed by atoms with Crippen molar-refractivity contribution in [3.05, 3.63) is 6.07 Å². The lowest BCUT2D eigenvalue weighted by Crippen LogP contribution is -2.35. The molecule has 0 aromatic carbocycles. The highest BCUT2D eigenvalue weighted by molar-refractivity contribution is 7.80. The molecule has 0 amide bonds. The van der Waals surface area contributed by atoms with Gasteiger partial charge in [-0.25, -0.2) is 0 Å². The fourth-order valence-electron chi connectivity index (χ4n) is 2.44. The first-order valence-electron chi connectivity index (χ1n) is 7.35. The van der Waals surface area contributed by atoms with Gasteiger partial charge in [-0.15, -0.1) is 0 Å². The number of aromatic nitrogens is 2. The maximum absolute atomic E-state index is 5.27. The molecular weight excluding hydrogens is 286 g/mol. The third-order valence-electron chi connectivity index (χ3n) is 3.44. The van der Waals surface area contributed by atoms with E-state index in [9.17, 15) is 0 Å². The van der Waals surface area contributed by atoms with Crippen LogP contribution in [0.1, 0.15) is 26.7 Å². The predicted molar refractivity (Wildman–Crippen MR) is 89.1 cm³/mol. The first kappa shape index (κ1) is 15.8. The molecule has 0 saturated carbocycles. The van der Waals surface area contributed by atoms with Crippen LogP contribution in [0.3, 0.4) is 0 Å². The Hall–Kier alpha value is -1.63. The summed E-state index contributed by atoms with van der Waals surface area (Å²) in [6.45, 7) is 7.04. The van der Waals surface area contributed by atoms with Gasteiger partial charge in [-0.3, -0.25) is 0 Å². The smallest absolute Gasteiger partial charge is 0.234 e. The molecule has 0 unspecified atom stereocenters. The summed E-state index contributed by atoms with van der Waals surface area (Å²) in [4.78, 5) is 11.1. The Morgan fingerprint density at radius 2 is 2.33 bits per heavy atom. The van der Waals surface area contributed by atoms with E-state index in [1.807, 2.05) is 13.0 Å². The fourth-order valence-corrected chi connectivity index (χ4v) is 2.67. The lowest BCUT2D eigenvalue weighted by atomic mass is 10.0. The van der Waals surface area contributed by atoms with Gasteiger partial charge in [-0.05, 0) is 37.9 Å². The van der Waals surface area contributed by atoms with Crippen molar-refractivity contribution in [2.24, 2.45) is 5.92 Å². The highest BCUT2D eigenvalue weighted by Crippen LogP contribution is 2.24. The van der Waals surface area contributed by atoms with E-state index >= 15 is 0 Å². The molecule has 1 saturated heterocycles. The minimum atomic E-state index is 0.466. The normalized spacial score (nSPS) is 18.2. The molecule has 2 heterocycles. The van der Waals surface area contributed by atoms with Gasteiger partial charge in [-0.1, -0.05) is 6.92 Å². The van der Waals surface area contributed by atoms with Crippen LogP contribution in [0, 0.1) is 5.92 Å². The lowest BCUT2D eigenvalue weighted by Gasteiger charge is -2.32. The van der Waals surface area contributed by atoms with E-state index in [-0.39, 0.29) is 0 Å². The molecular formula is C14H23N5OS. The average molecular weight is 309 g/mol. The van der Waals surface area contributed by atoms with Gasteiger partial charge in [-0.2, -0.15) is 9.97 Å². The largest absolute Gasteiger partial charge is 0.481 e. The third kappa shape index (κ3) is 4.42. The van der Waals surface area contributed by atoms with Gasteiger partial charge < -0.3 is 20.3 Å². The number of hydrogen-bond donors (Lipinski definition) is 2. The molecule has 1 fully saturated rings. The number of anilines is 2. The molecule has 0 spiro atoms. The molecule has 1 atom stereocenters. The Morgan fingerprint density at radius 1 is 1.52 bits per heavy atom. The van der Waals surface area contributed by atoms with Crippen molar-refractivity contribution in [2.45, 2.75) is 26.7 Å². The lowest BCUT2D eigenvalue weighted by molar-refractivity contribution is 0.396. The maximum Gasteiger partial charge on any atom is 0.234 e. The molecule has 1 aliphatic heterocycles. The second-order valence-electron chi connectivity index (χ2n) is 5.27. The summed E-state index contributed by atoms with van der Waals surface area (Å²) in [5.74, 6) is 2.57. The summed E-state index contributed by atoms with van der Waals surface area (Å²) in [5, 5.41) is 6.54. The van der Waals surface area contributed by atoms with Crippen molar-refractivity contribution in [1.29, 1.82) is 0 Å². The second kappa shape index (κ2) is 7.40. The van der Waals surface area contributed by atoms with Crippen molar-refractivity contribution in [2.75, 3.05) is 37.0 Å². The quantitative estimate of drug-likeness (QED) is 0.825. The van der Waals surface area contributed by atoms with E-state index in [0.717, 1.165) is 25.5 Å². The number of piperidine rings is 1. The van der Waals surface area contributed by atoms with Crippen molar-refractivity contribution >= 4 is 29.1 Å². The van der Waals surface area contributed by atoms with E-state index in [1.165, 1.54) is 12.8 Å². The van der Waals surface area contributed by atoms with E-state index in [0.29, 0.717) is 22.9 Å². The Morgan fingerprint density at radius 3 is 3.00 bits per heavy atom. The summed E-state index contributed by atoms with van der Waals surface area (Å²) in [6.07, 6.45) is 2.46. The van der Waals surface area contributed by atoms with Crippen LogP contribution in [0.4, 0.5) is 11.8 Å². The average Bonchev–Trinajstić information content (AvgIpc) is 2.47. The van der Waals surface area contributed by atoms with Crippen molar-refractivity contribution in [3.63, 3.8) is 0 Å². The minimum absolute atomic E-state index is 0.466. The topological polar surface area (TPSA) is 62.3 Å². The monoisotopic (exact) mass is 309 g/mol. The van der Waals surface area contributed by atoms with E-state index < -0.39 is 0 Å². The third-order valence-corrected chi connectivity index (χ3v) is 3.69. The number of hydrogen-bond acceptors (Lipinski definition) is 5. The summed E-state index contributed by atoms with van der Waals surface area (Å²) >= 11 is 5.18. The van der Waals surface area contributed by atoms with Crippen LogP contribution in [0.25, 0.3) is 0 Å². The van der Waals surface area contributed by atoms with E-state index in [2.05, 4.69) is 32.4 Å². The van der Waals surface area contributed by atoms with E-state index in [1.54, 1.807) is 7.11 Å². The van der Waals surface area contributed by atoms with Crippen LogP contribution in [0.15, 0.2) is 6.07 Å². The van der Waals surface area contributed by atoms with Gasteiger partial charge in [0.05, 0.1) is 7.11 Å². The van der Waals surface area contributed by atoms with Crippen molar-refractivity contribution in [3.8, 4) is 5.88 Å². The van der Waals surface area contributed by atoms with Crippen molar-refractivity contribution in [1.82, 2.24) is 15.3 Å². The van der Waals surface area contributed by atoms with E-state index in [4.69, 9.17) is 17.0 Å². The molecule has 1 aliphatic rings. The van der Waals surface area contributed by atoms with Gasteiger partial charge in [0.1, 0.15) is 5.82 Å². The second-order valence-corrected chi connectivity index (χ2v) is 5.68. The van der Waals surface area contributed by atoms with Gasteiger partial charge in [0.25, 0.3) is 0 Å². The van der Waals surface area contributed by atoms with Gasteiger partial charge >= 0.3 is 0 Å². The first-order chi connectivity index (χ1) is 10.1. The summed E-state index contributed by atoms with van der Waals surface area (Å²) in [7, 11) is 1.61. The number of thiocarbonyl (C=S) groups is 1. The molecule has 7 heteroatoms. The highest BCUT2D eigenvalue weighted by Gasteiger charge is 2.19. The number of nitrogens with zero attached hydrogens (tertiary/aromatic N) is 3. The zero-order valence-electron chi connectivity index (χ0n) is 12.8. The van der Waals surface area contributed by atoms with Crippen LogP contribution in [-0.4, -0.2) is 41.8 Å². The Balaban J connectivity index is 2.18. The number of nitrogens with one attached hydrogen (secondary N) is 2. The molecule has 1 aromatic rings. The number of ether oxygens (including phenoxy) is 1. The highest BCUT2D eigenvalue weighted by atomic mass is 32.1. The zero-order valence-corrected chi connectivity index (χ0v) is 13.7. The van der Waals surface area contributed by atoms with Gasteiger partial charge in [0.15, 0.2) is 5.11 Å². The zero-order chi connectivity index (χ0) is 15.2. The van der Waals surface area contributed by atoms with Crippen LogP contribution < -0.4 is 20.3 Å². The first-order valence-corrected chi connectivity index (χ1v) is 7.76. The van der Waals surface area contributed by atoms with Crippen LogP contribution in [0.5, 0.6) is 5.88 Å². The number of rotatable bonds is 4. The molecule has 21 heavy (non-hydrogen) atoms. The molecule has 2 N–H and O–H groups in total. The predicted octanol–water partition coefficient (Wildman–Crippen LogP) is 2.03. The molecule has 0 radical (unpaired) electrons. The molecule has 1 aromatic heterocycles. The standard InChI is InChI=1S/C14H23N5OS/c1-4-15-14(21)18-13-16-11(8-12(17-13)20-3)19-7-5-6-10(2)9-19/h8,10H,4-7,9H2,1-3H3,(H2,15,16,17,18,21)/t10-/m1/s1. The Kier molecular flexibility index (Phi) is 5.55. The Labute approximate surface area is 131 Å². The van der Waals surface area contributed by atoms with Crippen molar-refractivity contribution < 1.29 is 4.74 Å². The van der Waals surface area contributed by atoms with Crippen LogP contribution in [-0.2, 0) is 0 Å². The molecule has 0 aliphatic carbocycles. The maximum atomic E-state index is 5.27. The molecule has 2 rings (SSSR count). The SMILES string of the molecule is CCNC(=S)Nc1nc(OC)cc(N2CCC[C@@H](C)C2)n1. The summed E-state index contributed by atoms with van der Waals surface area (Å²) < 4.78 is 5.27. The number of methoxy groups -OCH3 is 1. The van der Waals surface area contributed by atoms with Gasteiger partial charge in [0, 0.05) is 25.7 Å². The van der Waals surface area contributed by atoms with Crippen LogP contribution >= 0.6 is 12.2 Å². The summed E-state index contributed by atoms with van der Waals surface area (Å²) in [5.41, 5.74) is 0. The summed E-state index contributed by atoms with van der Waals surface area (Å²) in [6, 6.07) is 1.87. The molecule has 0 bridgehead atoms. The minimum Gasteiger partial charge on any atom is -0.481 e. The Bertz CT molecular complexity index is 496. The van der Waals surface area contributed by atoms with Gasteiger partial charge in [0.2, 0.25) is 11.8 Å². The molecule has 6 nitrogen and oxygen atoms in total. The fraction of sp³-hybridized carbons (Fsp3) is 0.643. The molecule has 116 valence electrons. The van der Waals surface area contributed by atoms with Crippen LogP contribution in [0.2, 0.25) is 0 Å².